The highest BCUT2D eigenvalue weighted by Crippen LogP contribution is 2.41. The van der Waals surface area contributed by atoms with Gasteiger partial charge in [-0.15, -0.1) is 0 Å². The van der Waals surface area contributed by atoms with Crippen molar-refractivity contribution >= 4 is 23.2 Å². The SMILES string of the molecule is CC1(N)N=C(c2ccn[nH]2)C2(C)CCN(C(=O)c3cccc(C(F)(F)F)c3Cl)CC2N1. The van der Waals surface area contributed by atoms with Gasteiger partial charge in [0.05, 0.1) is 27.6 Å². The van der Waals surface area contributed by atoms with E-state index in [1.54, 1.807) is 13.1 Å². The van der Waals surface area contributed by atoms with Crippen LogP contribution in [0, 0.1) is 5.41 Å². The summed E-state index contributed by atoms with van der Waals surface area (Å²) in [4.78, 5) is 19.3. The molecule has 3 heterocycles. The topological polar surface area (TPSA) is 99.4 Å². The molecule has 2 aliphatic rings. The molecule has 0 aliphatic carbocycles. The van der Waals surface area contributed by atoms with E-state index in [4.69, 9.17) is 17.3 Å². The number of alkyl halides is 3. The third kappa shape index (κ3) is 3.83. The van der Waals surface area contributed by atoms with Crippen LogP contribution in [0.5, 0.6) is 0 Å². The molecule has 1 aromatic carbocycles. The number of rotatable bonds is 2. The third-order valence-electron chi connectivity index (χ3n) is 6.00. The number of carbonyl (C=O) groups is 1. The molecule has 7 nitrogen and oxygen atoms in total. The summed E-state index contributed by atoms with van der Waals surface area (Å²) in [6.07, 6.45) is -2.49. The Balaban J connectivity index is 1.64. The van der Waals surface area contributed by atoms with Crippen LogP contribution >= 0.6 is 11.6 Å². The van der Waals surface area contributed by atoms with E-state index in [0.29, 0.717) is 13.0 Å². The summed E-state index contributed by atoms with van der Waals surface area (Å²) in [7, 11) is 0. The van der Waals surface area contributed by atoms with Gasteiger partial charge in [0, 0.05) is 30.7 Å². The maximum absolute atomic E-state index is 13.2. The van der Waals surface area contributed by atoms with E-state index in [1.807, 2.05) is 13.0 Å². The van der Waals surface area contributed by atoms with Gasteiger partial charge in [-0.2, -0.15) is 18.3 Å². The molecule has 1 fully saturated rings. The van der Waals surface area contributed by atoms with Gasteiger partial charge in [0.1, 0.15) is 0 Å². The fraction of sp³-hybridized carbons (Fsp3) is 0.450. The van der Waals surface area contributed by atoms with Gasteiger partial charge in [-0.25, -0.2) is 0 Å². The molecular formula is C20H22ClF3N6O. The van der Waals surface area contributed by atoms with Gasteiger partial charge in [-0.05, 0) is 31.5 Å². The van der Waals surface area contributed by atoms with Crippen LogP contribution in [0.4, 0.5) is 13.2 Å². The van der Waals surface area contributed by atoms with E-state index in [1.165, 1.54) is 17.0 Å². The Morgan fingerprint density at radius 1 is 1.32 bits per heavy atom. The lowest BCUT2D eigenvalue weighted by molar-refractivity contribution is -0.137. The van der Waals surface area contributed by atoms with Crippen molar-refractivity contribution in [1.29, 1.82) is 0 Å². The number of nitrogens with one attached hydrogen (secondary N) is 2. The van der Waals surface area contributed by atoms with Crippen LogP contribution in [0.25, 0.3) is 0 Å². The van der Waals surface area contributed by atoms with Crippen molar-refractivity contribution in [3.63, 3.8) is 0 Å². The number of amides is 1. The molecule has 0 saturated carbocycles. The third-order valence-corrected chi connectivity index (χ3v) is 6.41. The minimum atomic E-state index is -4.64. The Labute approximate surface area is 181 Å². The summed E-state index contributed by atoms with van der Waals surface area (Å²) < 4.78 is 39.6. The van der Waals surface area contributed by atoms with Gasteiger partial charge >= 0.3 is 6.18 Å². The number of benzene rings is 1. The molecule has 31 heavy (non-hydrogen) atoms. The van der Waals surface area contributed by atoms with Gasteiger partial charge in [-0.1, -0.05) is 24.6 Å². The summed E-state index contributed by atoms with van der Waals surface area (Å²) in [5.74, 6) is -1.63. The lowest BCUT2D eigenvalue weighted by Crippen LogP contribution is -2.70. The number of piperidine rings is 1. The average molecular weight is 455 g/mol. The maximum Gasteiger partial charge on any atom is 0.417 e. The monoisotopic (exact) mass is 454 g/mol. The molecular weight excluding hydrogens is 433 g/mol. The molecule has 3 unspecified atom stereocenters. The Bertz CT molecular complexity index is 1040. The number of carbonyl (C=O) groups excluding carboxylic acids is 1. The Kier molecular flexibility index (Phi) is 5.14. The molecule has 2 aliphatic heterocycles. The summed E-state index contributed by atoms with van der Waals surface area (Å²) in [6.45, 7) is 4.31. The Morgan fingerprint density at radius 2 is 2.06 bits per heavy atom. The van der Waals surface area contributed by atoms with Crippen molar-refractivity contribution in [2.45, 2.75) is 38.3 Å². The summed E-state index contributed by atoms with van der Waals surface area (Å²) in [6, 6.07) is 4.90. The van der Waals surface area contributed by atoms with Crippen LogP contribution in [0.3, 0.4) is 0 Å². The minimum absolute atomic E-state index is 0.172. The smallest absolute Gasteiger partial charge is 0.337 e. The highest BCUT2D eigenvalue weighted by Gasteiger charge is 2.50. The van der Waals surface area contributed by atoms with Crippen LogP contribution < -0.4 is 11.1 Å². The van der Waals surface area contributed by atoms with E-state index in [-0.39, 0.29) is 18.2 Å². The second-order valence-electron chi connectivity index (χ2n) is 8.36. The van der Waals surface area contributed by atoms with E-state index >= 15 is 0 Å². The van der Waals surface area contributed by atoms with Crippen LogP contribution in [0.2, 0.25) is 5.02 Å². The molecule has 0 spiro atoms. The number of aromatic amines is 1. The standard InChI is InChI=1S/C20H22ClF3N6O/c1-18-7-9-30(17(31)11-4-3-5-12(15(11)21)20(22,23)24)10-14(18)27-19(2,25)28-16(18)13-6-8-26-29-13/h3-6,8,14,27H,7,9-10,25H2,1-2H3,(H,26,29). The number of likely N-dealkylation sites (tertiary alicyclic amines) is 1. The fourth-order valence-electron chi connectivity index (χ4n) is 4.31. The first-order valence-corrected chi connectivity index (χ1v) is 10.1. The summed E-state index contributed by atoms with van der Waals surface area (Å²) in [5, 5.41) is 9.59. The number of hydrogen-bond donors (Lipinski definition) is 3. The molecule has 1 amide bonds. The van der Waals surface area contributed by atoms with Crippen molar-refractivity contribution in [3.05, 3.63) is 52.3 Å². The van der Waals surface area contributed by atoms with Crippen LogP contribution in [0.1, 0.15) is 41.9 Å². The van der Waals surface area contributed by atoms with Crippen LogP contribution in [-0.4, -0.2) is 51.6 Å². The highest BCUT2D eigenvalue weighted by molar-refractivity contribution is 6.34. The fourth-order valence-corrected chi connectivity index (χ4v) is 4.63. The van der Waals surface area contributed by atoms with Crippen molar-refractivity contribution < 1.29 is 18.0 Å². The number of nitrogens with two attached hydrogens (primary N) is 1. The molecule has 2 aromatic rings. The van der Waals surface area contributed by atoms with Gasteiger partial charge in [0.25, 0.3) is 5.91 Å². The molecule has 0 radical (unpaired) electrons. The molecule has 166 valence electrons. The molecule has 1 aromatic heterocycles. The van der Waals surface area contributed by atoms with E-state index in [9.17, 15) is 18.0 Å². The van der Waals surface area contributed by atoms with E-state index < -0.39 is 33.9 Å². The van der Waals surface area contributed by atoms with Crippen LogP contribution in [-0.2, 0) is 6.18 Å². The van der Waals surface area contributed by atoms with Gasteiger partial charge < -0.3 is 4.90 Å². The minimum Gasteiger partial charge on any atom is -0.337 e. The van der Waals surface area contributed by atoms with Gasteiger partial charge in [0.15, 0.2) is 5.79 Å². The number of fused-ring (bicyclic) bond motifs is 1. The van der Waals surface area contributed by atoms with Crippen molar-refractivity contribution in [2.75, 3.05) is 13.1 Å². The zero-order chi connectivity index (χ0) is 22.6. The predicted molar refractivity (Wildman–Crippen MR) is 110 cm³/mol. The second-order valence-corrected chi connectivity index (χ2v) is 8.74. The van der Waals surface area contributed by atoms with Crippen molar-refractivity contribution in [1.82, 2.24) is 20.4 Å². The summed E-state index contributed by atoms with van der Waals surface area (Å²) in [5.41, 5.74) is 6.12. The normalized spacial score (nSPS) is 28.8. The lowest BCUT2D eigenvalue weighted by atomic mass is 9.70. The molecule has 4 rings (SSSR count). The largest absolute Gasteiger partial charge is 0.417 e. The number of hydrogen-bond acceptors (Lipinski definition) is 5. The van der Waals surface area contributed by atoms with Gasteiger partial charge in [-0.3, -0.25) is 25.9 Å². The van der Waals surface area contributed by atoms with Crippen molar-refractivity contribution in [2.24, 2.45) is 16.1 Å². The molecule has 3 atom stereocenters. The lowest BCUT2D eigenvalue weighted by Gasteiger charge is -2.52. The first-order chi connectivity index (χ1) is 14.4. The number of aromatic nitrogens is 2. The first-order valence-electron chi connectivity index (χ1n) is 9.74. The zero-order valence-electron chi connectivity index (χ0n) is 16.9. The average Bonchev–Trinajstić information content (AvgIpc) is 3.20. The number of H-pyrrole nitrogens is 1. The highest BCUT2D eigenvalue weighted by atomic mass is 35.5. The van der Waals surface area contributed by atoms with E-state index in [0.717, 1.165) is 17.5 Å². The zero-order valence-corrected chi connectivity index (χ0v) is 17.7. The summed E-state index contributed by atoms with van der Waals surface area (Å²) >= 11 is 5.97. The van der Waals surface area contributed by atoms with E-state index in [2.05, 4.69) is 20.5 Å². The van der Waals surface area contributed by atoms with Crippen LogP contribution in [0.15, 0.2) is 35.5 Å². The number of aliphatic imine (C=N–C) groups is 1. The quantitative estimate of drug-likeness (QED) is 0.649. The molecule has 1 saturated heterocycles. The first kappa shape index (κ1) is 21.8. The predicted octanol–water partition coefficient (Wildman–Crippen LogP) is 3.03. The maximum atomic E-state index is 13.2. The Morgan fingerprint density at radius 3 is 2.71 bits per heavy atom. The number of halogens is 4. The van der Waals surface area contributed by atoms with Crippen molar-refractivity contribution in [3.8, 4) is 0 Å². The molecule has 4 N–H and O–H groups in total. The van der Waals surface area contributed by atoms with Gasteiger partial charge in [0.2, 0.25) is 0 Å². The second kappa shape index (κ2) is 7.32. The number of nitrogens with zero attached hydrogens (tertiary/aromatic N) is 3. The molecule has 0 bridgehead atoms. The molecule has 11 heteroatoms. The Hall–Kier alpha value is -2.43.